The molecule has 3 heteroatoms. The summed E-state index contributed by atoms with van der Waals surface area (Å²) in [7, 11) is 0. The Balaban J connectivity index is 1.90. The molecule has 0 aromatic heterocycles. The van der Waals surface area contributed by atoms with Crippen LogP contribution in [-0.4, -0.2) is 18.4 Å². The minimum Gasteiger partial charge on any atom is -0.297 e. The molecule has 0 radical (unpaired) electrons. The molecule has 1 saturated carbocycles. The van der Waals surface area contributed by atoms with Gasteiger partial charge in [-0.15, -0.1) is 0 Å². The summed E-state index contributed by atoms with van der Waals surface area (Å²) in [6, 6.07) is -0.120. The van der Waals surface area contributed by atoms with Gasteiger partial charge in [0.05, 0.1) is 6.54 Å². The molecule has 0 amide bonds. The maximum absolute atomic E-state index is 11.8. The van der Waals surface area contributed by atoms with Gasteiger partial charge in [0, 0.05) is 6.42 Å². The van der Waals surface area contributed by atoms with Crippen LogP contribution in [0.1, 0.15) is 103 Å². The molecule has 0 saturated heterocycles. The lowest BCUT2D eigenvalue weighted by molar-refractivity contribution is -0.120. The Morgan fingerprint density at radius 3 is 2.18 bits per heavy atom. The predicted octanol–water partition coefficient (Wildman–Crippen LogP) is 6.26. The van der Waals surface area contributed by atoms with E-state index in [1.807, 2.05) is 0 Å². The van der Waals surface area contributed by atoms with Crippen LogP contribution in [0.15, 0.2) is 10.2 Å². The van der Waals surface area contributed by atoms with Crippen LogP contribution in [0.25, 0.3) is 0 Å². The Morgan fingerprint density at radius 1 is 0.864 bits per heavy atom. The maximum Gasteiger partial charge on any atom is 0.159 e. The van der Waals surface area contributed by atoms with Gasteiger partial charge in [0.2, 0.25) is 0 Å². The topological polar surface area (TPSA) is 41.8 Å². The average molecular weight is 309 g/mol. The fourth-order valence-corrected chi connectivity index (χ4v) is 3.09. The number of rotatable bonds is 12. The van der Waals surface area contributed by atoms with Gasteiger partial charge in [0.15, 0.2) is 5.78 Å². The standard InChI is InChI=1S/C19H36N2O/c1-2-3-4-5-6-7-8-9-10-14-17-20-21-18-15-12-11-13-16-19(18)22/h18H,2-17H2,1H3/b21-20+. The van der Waals surface area contributed by atoms with E-state index in [0.717, 1.165) is 32.2 Å². The van der Waals surface area contributed by atoms with Gasteiger partial charge < -0.3 is 0 Å². The van der Waals surface area contributed by atoms with Gasteiger partial charge in [-0.25, -0.2) is 0 Å². The molecule has 1 aliphatic carbocycles. The Bertz CT molecular complexity index is 302. The number of Topliss-reactive ketones (excluding diaryl/α,β-unsaturated/α-hetero) is 1. The van der Waals surface area contributed by atoms with E-state index in [0.29, 0.717) is 12.2 Å². The van der Waals surface area contributed by atoms with Crippen LogP contribution < -0.4 is 0 Å². The predicted molar refractivity (Wildman–Crippen MR) is 93.4 cm³/mol. The van der Waals surface area contributed by atoms with Crippen molar-refractivity contribution in [1.29, 1.82) is 0 Å². The van der Waals surface area contributed by atoms with Gasteiger partial charge >= 0.3 is 0 Å². The molecule has 22 heavy (non-hydrogen) atoms. The lowest BCUT2D eigenvalue weighted by Crippen LogP contribution is -2.15. The molecule has 1 atom stereocenters. The van der Waals surface area contributed by atoms with E-state index in [2.05, 4.69) is 17.2 Å². The number of azo groups is 1. The molecule has 128 valence electrons. The Morgan fingerprint density at radius 2 is 1.50 bits per heavy atom. The van der Waals surface area contributed by atoms with Crippen LogP contribution in [0.4, 0.5) is 0 Å². The van der Waals surface area contributed by atoms with Crippen LogP contribution in [0, 0.1) is 0 Å². The Hall–Kier alpha value is -0.730. The second kappa shape index (κ2) is 13.9. The monoisotopic (exact) mass is 308 g/mol. The molecule has 0 aliphatic heterocycles. The third-order valence-corrected chi connectivity index (χ3v) is 4.61. The second-order valence-corrected chi connectivity index (χ2v) is 6.74. The highest BCUT2D eigenvalue weighted by Crippen LogP contribution is 2.17. The summed E-state index contributed by atoms with van der Waals surface area (Å²) in [5.74, 6) is 0.310. The van der Waals surface area contributed by atoms with Crippen molar-refractivity contribution in [3.63, 3.8) is 0 Å². The number of unbranched alkanes of at least 4 members (excludes halogenated alkanes) is 9. The van der Waals surface area contributed by atoms with Gasteiger partial charge in [-0.2, -0.15) is 10.2 Å². The lowest BCUT2D eigenvalue weighted by Gasteiger charge is -2.05. The number of carbonyl (C=O) groups excluding carboxylic acids is 1. The van der Waals surface area contributed by atoms with Crippen molar-refractivity contribution in [2.45, 2.75) is 109 Å². The first-order valence-electron chi connectivity index (χ1n) is 9.74. The Labute approximate surface area is 137 Å². The quantitative estimate of drug-likeness (QED) is 0.238. The number of hydrogen-bond donors (Lipinski definition) is 0. The first-order chi connectivity index (χ1) is 10.8. The zero-order valence-electron chi connectivity index (χ0n) is 14.7. The third kappa shape index (κ3) is 10.1. The van der Waals surface area contributed by atoms with Crippen molar-refractivity contribution in [2.75, 3.05) is 6.54 Å². The molecule has 0 spiro atoms. The summed E-state index contributed by atoms with van der Waals surface area (Å²) < 4.78 is 0. The summed E-state index contributed by atoms with van der Waals surface area (Å²) in [5.41, 5.74) is 0. The molecular formula is C19H36N2O. The van der Waals surface area contributed by atoms with Crippen molar-refractivity contribution in [1.82, 2.24) is 0 Å². The third-order valence-electron chi connectivity index (χ3n) is 4.61. The van der Waals surface area contributed by atoms with Crippen molar-refractivity contribution < 1.29 is 4.79 Å². The highest BCUT2D eigenvalue weighted by molar-refractivity contribution is 5.84. The Kier molecular flexibility index (Phi) is 12.2. The maximum atomic E-state index is 11.8. The summed E-state index contributed by atoms with van der Waals surface area (Å²) in [6.45, 7) is 3.07. The summed E-state index contributed by atoms with van der Waals surface area (Å²) in [6.07, 6.45) is 18.4. The van der Waals surface area contributed by atoms with Gasteiger partial charge in [0.25, 0.3) is 0 Å². The normalized spacial score (nSPS) is 19.7. The molecule has 0 N–H and O–H groups in total. The van der Waals surface area contributed by atoms with Gasteiger partial charge in [-0.3, -0.25) is 4.79 Å². The first kappa shape index (κ1) is 19.3. The molecule has 0 bridgehead atoms. The lowest BCUT2D eigenvalue weighted by atomic mass is 10.1. The van der Waals surface area contributed by atoms with E-state index in [4.69, 9.17) is 0 Å². The number of ketones is 1. The summed E-state index contributed by atoms with van der Waals surface area (Å²) in [5, 5.41) is 8.53. The van der Waals surface area contributed by atoms with Crippen LogP contribution in [0.2, 0.25) is 0 Å². The molecule has 1 fully saturated rings. The minimum absolute atomic E-state index is 0.120. The van der Waals surface area contributed by atoms with Gasteiger partial charge in [-0.05, 0) is 19.3 Å². The zero-order valence-corrected chi connectivity index (χ0v) is 14.7. The van der Waals surface area contributed by atoms with Gasteiger partial charge in [0.1, 0.15) is 6.04 Å². The van der Waals surface area contributed by atoms with Crippen LogP contribution >= 0.6 is 0 Å². The van der Waals surface area contributed by atoms with Crippen molar-refractivity contribution in [3.8, 4) is 0 Å². The number of hydrogen-bond acceptors (Lipinski definition) is 3. The SMILES string of the molecule is CCCCCCCCCCCC/N=N/C1CCCCCC1=O. The van der Waals surface area contributed by atoms with E-state index >= 15 is 0 Å². The summed E-state index contributed by atoms with van der Waals surface area (Å²) >= 11 is 0. The van der Waals surface area contributed by atoms with Gasteiger partial charge in [-0.1, -0.05) is 77.6 Å². The van der Waals surface area contributed by atoms with Crippen molar-refractivity contribution >= 4 is 5.78 Å². The summed E-state index contributed by atoms with van der Waals surface area (Å²) in [4.78, 5) is 11.8. The van der Waals surface area contributed by atoms with E-state index in [-0.39, 0.29) is 6.04 Å². The van der Waals surface area contributed by atoms with Crippen molar-refractivity contribution in [2.24, 2.45) is 10.2 Å². The number of nitrogens with zero attached hydrogens (tertiary/aromatic N) is 2. The number of carbonyl (C=O) groups is 1. The van der Waals surface area contributed by atoms with Crippen LogP contribution in [0.3, 0.4) is 0 Å². The molecule has 1 unspecified atom stereocenters. The zero-order chi connectivity index (χ0) is 15.9. The fourth-order valence-electron chi connectivity index (χ4n) is 3.09. The van der Waals surface area contributed by atoms with E-state index in [1.54, 1.807) is 0 Å². The average Bonchev–Trinajstić information content (AvgIpc) is 2.73. The highest BCUT2D eigenvalue weighted by Gasteiger charge is 2.19. The molecule has 0 heterocycles. The molecule has 3 nitrogen and oxygen atoms in total. The second-order valence-electron chi connectivity index (χ2n) is 6.74. The van der Waals surface area contributed by atoms with Crippen molar-refractivity contribution in [3.05, 3.63) is 0 Å². The van der Waals surface area contributed by atoms with Crippen LogP contribution in [0.5, 0.6) is 0 Å². The highest BCUT2D eigenvalue weighted by atomic mass is 16.1. The van der Waals surface area contributed by atoms with E-state index < -0.39 is 0 Å². The fraction of sp³-hybridized carbons (Fsp3) is 0.947. The van der Waals surface area contributed by atoms with E-state index in [9.17, 15) is 4.79 Å². The molecule has 0 aromatic carbocycles. The molecule has 1 aliphatic rings. The molecule has 1 rings (SSSR count). The van der Waals surface area contributed by atoms with E-state index in [1.165, 1.54) is 64.2 Å². The first-order valence-corrected chi connectivity index (χ1v) is 9.74. The molecular weight excluding hydrogens is 272 g/mol. The molecule has 0 aromatic rings. The minimum atomic E-state index is -0.120. The van der Waals surface area contributed by atoms with Crippen LogP contribution in [-0.2, 0) is 4.79 Å². The largest absolute Gasteiger partial charge is 0.297 e. The smallest absolute Gasteiger partial charge is 0.159 e.